The van der Waals surface area contributed by atoms with Crippen molar-refractivity contribution >= 4 is 5.91 Å². The number of nitrogens with one attached hydrogen (secondary N) is 1. The van der Waals surface area contributed by atoms with E-state index < -0.39 is 0 Å². The lowest BCUT2D eigenvalue weighted by Gasteiger charge is -2.34. The largest absolute Gasteiger partial charge is 0.349 e. The number of hydrogen-bond acceptors (Lipinski definition) is 2. The predicted octanol–water partition coefficient (Wildman–Crippen LogP) is 4.30. The molecule has 3 nitrogen and oxygen atoms in total. The first-order valence-electron chi connectivity index (χ1n) is 8.47. The Bertz CT molecular complexity index is 651. The summed E-state index contributed by atoms with van der Waals surface area (Å²) in [6.07, 6.45) is 5.34. The normalized spacial score (nSPS) is 24.2. The second-order valence-electron chi connectivity index (χ2n) is 6.64. The molecule has 0 radical (unpaired) electrons. The van der Waals surface area contributed by atoms with Gasteiger partial charge in [-0.15, -0.1) is 0 Å². The van der Waals surface area contributed by atoms with Crippen LogP contribution in [0.1, 0.15) is 43.5 Å². The Kier molecular flexibility index (Phi) is 4.75. The fraction of sp³-hybridized carbons (Fsp3) is 0.400. The fourth-order valence-electron chi connectivity index (χ4n) is 3.36. The average molecular weight is 308 g/mol. The molecule has 1 aromatic heterocycles. The number of benzene rings is 1. The van der Waals surface area contributed by atoms with Crippen LogP contribution in [0.15, 0.2) is 48.7 Å². The first kappa shape index (κ1) is 15.7. The molecule has 0 saturated heterocycles. The summed E-state index contributed by atoms with van der Waals surface area (Å²) in [6.45, 7) is 4.53. The number of hydrogen-bond donors (Lipinski definition) is 1. The molecule has 1 saturated carbocycles. The predicted molar refractivity (Wildman–Crippen MR) is 93.1 cm³/mol. The number of pyridine rings is 1. The maximum absolute atomic E-state index is 12.5. The second-order valence-corrected chi connectivity index (χ2v) is 6.64. The molecule has 1 N–H and O–H groups in total. The topological polar surface area (TPSA) is 42.0 Å². The average Bonchev–Trinajstić information content (AvgIpc) is 2.60. The Balaban J connectivity index is 1.68. The highest BCUT2D eigenvalue weighted by Gasteiger charge is 2.28. The Morgan fingerprint density at radius 3 is 2.57 bits per heavy atom. The summed E-state index contributed by atoms with van der Waals surface area (Å²) in [5.41, 5.74) is 2.67. The van der Waals surface area contributed by atoms with E-state index in [4.69, 9.17) is 0 Å². The minimum atomic E-state index is 0.0310. The molecule has 0 spiro atoms. The zero-order chi connectivity index (χ0) is 16.2. The van der Waals surface area contributed by atoms with Crippen molar-refractivity contribution in [3.05, 3.63) is 54.2 Å². The van der Waals surface area contributed by atoms with Crippen molar-refractivity contribution in [3.8, 4) is 11.3 Å². The highest BCUT2D eigenvalue weighted by Crippen LogP contribution is 2.29. The third kappa shape index (κ3) is 3.61. The number of rotatable bonds is 3. The van der Waals surface area contributed by atoms with Gasteiger partial charge in [0.15, 0.2) is 0 Å². The molecular formula is C20H24N2O. The van der Waals surface area contributed by atoms with Gasteiger partial charge in [0.2, 0.25) is 0 Å². The number of aromatic nitrogens is 1. The molecule has 1 aliphatic rings. The molecule has 0 bridgehead atoms. The van der Waals surface area contributed by atoms with Gasteiger partial charge in [0, 0.05) is 23.4 Å². The molecule has 0 aliphatic heterocycles. The van der Waals surface area contributed by atoms with Crippen LogP contribution in [0.25, 0.3) is 11.3 Å². The summed E-state index contributed by atoms with van der Waals surface area (Å²) < 4.78 is 0. The van der Waals surface area contributed by atoms with Gasteiger partial charge in [-0.05, 0) is 42.5 Å². The molecule has 1 heterocycles. The van der Waals surface area contributed by atoms with E-state index >= 15 is 0 Å². The van der Waals surface area contributed by atoms with Crippen LogP contribution in [-0.4, -0.2) is 16.9 Å². The molecule has 1 amide bonds. The first-order chi connectivity index (χ1) is 11.1. The lowest BCUT2D eigenvalue weighted by atomic mass is 9.78. The van der Waals surface area contributed by atoms with E-state index in [0.717, 1.165) is 23.2 Å². The van der Waals surface area contributed by atoms with Gasteiger partial charge in [0.05, 0.1) is 5.69 Å². The molecule has 1 fully saturated rings. The van der Waals surface area contributed by atoms with Gasteiger partial charge >= 0.3 is 0 Å². The van der Waals surface area contributed by atoms with Gasteiger partial charge in [-0.25, -0.2) is 0 Å². The van der Waals surface area contributed by atoms with Gasteiger partial charge in [-0.1, -0.05) is 44.9 Å². The van der Waals surface area contributed by atoms with Crippen LogP contribution in [0.5, 0.6) is 0 Å². The maximum Gasteiger partial charge on any atom is 0.251 e. The van der Waals surface area contributed by atoms with Crippen molar-refractivity contribution in [1.82, 2.24) is 10.3 Å². The van der Waals surface area contributed by atoms with Gasteiger partial charge in [-0.3, -0.25) is 9.78 Å². The number of carbonyl (C=O) groups is 1. The van der Waals surface area contributed by atoms with Crippen molar-refractivity contribution < 1.29 is 4.79 Å². The van der Waals surface area contributed by atoms with E-state index in [2.05, 4.69) is 24.1 Å². The second kappa shape index (κ2) is 6.95. The highest BCUT2D eigenvalue weighted by atomic mass is 16.1. The number of carbonyl (C=O) groups excluding carboxylic acids is 1. The SMILES string of the molecule is CC1CCCC(NC(=O)c2ccc(-c3ccccn3)cc2)C1C. The van der Waals surface area contributed by atoms with E-state index in [9.17, 15) is 4.79 Å². The zero-order valence-corrected chi connectivity index (χ0v) is 13.8. The van der Waals surface area contributed by atoms with Crippen molar-refractivity contribution in [2.45, 2.75) is 39.2 Å². The van der Waals surface area contributed by atoms with Gasteiger partial charge < -0.3 is 5.32 Å². The van der Waals surface area contributed by atoms with Crippen LogP contribution in [0.3, 0.4) is 0 Å². The molecule has 3 atom stereocenters. The highest BCUT2D eigenvalue weighted by molar-refractivity contribution is 5.94. The van der Waals surface area contributed by atoms with E-state index in [0.29, 0.717) is 17.9 Å². The standard InChI is InChI=1S/C20H24N2O/c1-14-6-5-8-18(15(14)2)22-20(23)17-11-9-16(10-12-17)19-7-3-4-13-21-19/h3-4,7,9-15,18H,5-6,8H2,1-2H3,(H,22,23). The molecule has 120 valence electrons. The Hall–Kier alpha value is -2.16. The molecule has 2 aromatic rings. The molecule has 3 unspecified atom stereocenters. The first-order valence-corrected chi connectivity index (χ1v) is 8.47. The van der Waals surface area contributed by atoms with Crippen LogP contribution in [-0.2, 0) is 0 Å². The monoisotopic (exact) mass is 308 g/mol. The summed E-state index contributed by atoms with van der Waals surface area (Å²) >= 11 is 0. The zero-order valence-electron chi connectivity index (χ0n) is 13.8. The fourth-order valence-corrected chi connectivity index (χ4v) is 3.36. The van der Waals surface area contributed by atoms with E-state index in [1.54, 1.807) is 6.20 Å². The molecule has 3 rings (SSSR count). The van der Waals surface area contributed by atoms with Crippen molar-refractivity contribution in [3.63, 3.8) is 0 Å². The number of amides is 1. The Labute approximate surface area is 138 Å². The maximum atomic E-state index is 12.5. The van der Waals surface area contributed by atoms with E-state index in [-0.39, 0.29) is 5.91 Å². The summed E-state index contributed by atoms with van der Waals surface area (Å²) in [6, 6.07) is 13.8. The smallest absolute Gasteiger partial charge is 0.251 e. The van der Waals surface area contributed by atoms with Crippen LogP contribution >= 0.6 is 0 Å². The van der Waals surface area contributed by atoms with Crippen LogP contribution in [0.4, 0.5) is 0 Å². The molecule has 23 heavy (non-hydrogen) atoms. The third-order valence-corrected chi connectivity index (χ3v) is 5.13. The number of nitrogens with zero attached hydrogens (tertiary/aromatic N) is 1. The van der Waals surface area contributed by atoms with Crippen LogP contribution < -0.4 is 5.32 Å². The minimum absolute atomic E-state index is 0.0310. The van der Waals surface area contributed by atoms with E-state index in [1.807, 2.05) is 42.5 Å². The van der Waals surface area contributed by atoms with Crippen LogP contribution in [0, 0.1) is 11.8 Å². The van der Waals surface area contributed by atoms with Gasteiger partial charge in [0.25, 0.3) is 5.91 Å². The van der Waals surface area contributed by atoms with Crippen LogP contribution in [0.2, 0.25) is 0 Å². The Morgan fingerprint density at radius 1 is 1.09 bits per heavy atom. The quantitative estimate of drug-likeness (QED) is 0.918. The van der Waals surface area contributed by atoms with Crippen molar-refractivity contribution in [2.24, 2.45) is 11.8 Å². The summed E-state index contributed by atoms with van der Waals surface area (Å²) in [5, 5.41) is 3.22. The Morgan fingerprint density at radius 2 is 1.87 bits per heavy atom. The summed E-state index contributed by atoms with van der Waals surface area (Å²) in [5.74, 6) is 1.25. The van der Waals surface area contributed by atoms with Crippen molar-refractivity contribution in [1.29, 1.82) is 0 Å². The lowest BCUT2D eigenvalue weighted by Crippen LogP contribution is -2.43. The van der Waals surface area contributed by atoms with E-state index in [1.165, 1.54) is 12.8 Å². The molecular weight excluding hydrogens is 284 g/mol. The van der Waals surface area contributed by atoms with Gasteiger partial charge in [-0.2, -0.15) is 0 Å². The van der Waals surface area contributed by atoms with Crippen molar-refractivity contribution in [2.75, 3.05) is 0 Å². The lowest BCUT2D eigenvalue weighted by molar-refractivity contribution is 0.0891. The molecule has 3 heteroatoms. The minimum Gasteiger partial charge on any atom is -0.349 e. The third-order valence-electron chi connectivity index (χ3n) is 5.13. The molecule has 1 aliphatic carbocycles. The summed E-state index contributed by atoms with van der Waals surface area (Å²) in [4.78, 5) is 16.8. The van der Waals surface area contributed by atoms with Gasteiger partial charge in [0.1, 0.15) is 0 Å². The molecule has 1 aromatic carbocycles. The summed E-state index contributed by atoms with van der Waals surface area (Å²) in [7, 11) is 0.